The van der Waals surface area contributed by atoms with Crippen LogP contribution in [-0.4, -0.2) is 14.5 Å². The molecule has 4 heteroatoms. The lowest BCUT2D eigenvalue weighted by Crippen LogP contribution is -2.21. The molecule has 1 aliphatic carbocycles. The summed E-state index contributed by atoms with van der Waals surface area (Å²) in [6, 6.07) is 4.59. The lowest BCUT2D eigenvalue weighted by Gasteiger charge is -2.31. The number of imidazole rings is 1. The smallest absolute Gasteiger partial charge is 0.160 e. The summed E-state index contributed by atoms with van der Waals surface area (Å²) in [5.41, 5.74) is 3.03. The average molecular weight is 306 g/mol. The summed E-state index contributed by atoms with van der Waals surface area (Å²) in [5, 5.41) is -0.0819. The van der Waals surface area contributed by atoms with Gasteiger partial charge in [-0.05, 0) is 44.7 Å². The molecule has 0 N–H and O–H groups in total. The number of nitrogens with zero attached hydrogens (tertiary/aromatic N) is 3. The Morgan fingerprint density at radius 1 is 1.33 bits per heavy atom. The summed E-state index contributed by atoms with van der Waals surface area (Å²) in [5.74, 6) is 1.80. The number of fused-ring (bicyclic) bond motifs is 1. The minimum atomic E-state index is -0.0819. The molecular formula is C17H24ClN3. The molecule has 0 amide bonds. The SMILES string of the molecule is CCC1CCCC(n2c(C(C)Cl)nc3ccc(C)nc32)C1. The molecule has 1 fully saturated rings. The van der Waals surface area contributed by atoms with Crippen molar-refractivity contribution in [3.8, 4) is 0 Å². The van der Waals surface area contributed by atoms with Gasteiger partial charge in [-0.25, -0.2) is 9.97 Å². The Bertz CT molecular complexity index is 632. The molecule has 2 aromatic rings. The highest BCUT2D eigenvalue weighted by Gasteiger charge is 2.27. The van der Waals surface area contributed by atoms with Crippen molar-refractivity contribution in [3.05, 3.63) is 23.7 Å². The fourth-order valence-corrected chi connectivity index (χ4v) is 3.75. The second kappa shape index (κ2) is 5.96. The van der Waals surface area contributed by atoms with E-state index in [1.807, 2.05) is 19.9 Å². The number of rotatable bonds is 3. The zero-order valence-corrected chi connectivity index (χ0v) is 13.9. The quantitative estimate of drug-likeness (QED) is 0.731. The largest absolute Gasteiger partial charge is 0.308 e. The molecule has 0 saturated heterocycles. The Hall–Kier alpha value is -1.09. The number of hydrogen-bond acceptors (Lipinski definition) is 2. The molecule has 0 spiro atoms. The monoisotopic (exact) mass is 305 g/mol. The molecule has 1 saturated carbocycles. The fourth-order valence-electron chi connectivity index (χ4n) is 3.59. The van der Waals surface area contributed by atoms with Crippen LogP contribution in [-0.2, 0) is 0 Å². The van der Waals surface area contributed by atoms with Gasteiger partial charge in [-0.1, -0.05) is 26.2 Å². The topological polar surface area (TPSA) is 30.7 Å². The number of alkyl halides is 1. The Balaban J connectivity index is 2.10. The summed E-state index contributed by atoms with van der Waals surface area (Å²) in [6.45, 7) is 6.34. The van der Waals surface area contributed by atoms with Gasteiger partial charge in [0.25, 0.3) is 0 Å². The van der Waals surface area contributed by atoms with Crippen LogP contribution in [0.4, 0.5) is 0 Å². The van der Waals surface area contributed by atoms with Gasteiger partial charge >= 0.3 is 0 Å². The molecule has 3 nitrogen and oxygen atoms in total. The summed E-state index contributed by atoms with van der Waals surface area (Å²) < 4.78 is 2.34. The summed E-state index contributed by atoms with van der Waals surface area (Å²) in [4.78, 5) is 9.49. The highest BCUT2D eigenvalue weighted by atomic mass is 35.5. The zero-order chi connectivity index (χ0) is 15.0. The van der Waals surface area contributed by atoms with E-state index in [1.165, 1.54) is 32.1 Å². The van der Waals surface area contributed by atoms with Crippen LogP contribution in [0.25, 0.3) is 11.2 Å². The molecule has 0 aliphatic heterocycles. The van der Waals surface area contributed by atoms with Crippen LogP contribution in [0, 0.1) is 12.8 Å². The van der Waals surface area contributed by atoms with Gasteiger partial charge in [0.2, 0.25) is 0 Å². The van der Waals surface area contributed by atoms with Gasteiger partial charge in [0, 0.05) is 11.7 Å². The van der Waals surface area contributed by atoms with Crippen molar-refractivity contribution in [2.24, 2.45) is 5.92 Å². The van der Waals surface area contributed by atoms with Gasteiger partial charge in [-0.3, -0.25) is 0 Å². The first-order chi connectivity index (χ1) is 10.1. The molecule has 2 heterocycles. The second-order valence-corrected chi connectivity index (χ2v) is 7.00. The van der Waals surface area contributed by atoms with E-state index in [2.05, 4.69) is 17.6 Å². The van der Waals surface area contributed by atoms with E-state index in [1.54, 1.807) is 0 Å². The Kier molecular flexibility index (Phi) is 4.21. The minimum absolute atomic E-state index is 0.0819. The number of aromatic nitrogens is 3. The first kappa shape index (κ1) is 14.8. The molecule has 1 aliphatic rings. The maximum atomic E-state index is 6.40. The maximum Gasteiger partial charge on any atom is 0.160 e. The average Bonchev–Trinajstić information content (AvgIpc) is 2.86. The Morgan fingerprint density at radius 3 is 2.86 bits per heavy atom. The van der Waals surface area contributed by atoms with Gasteiger partial charge in [0.05, 0.1) is 5.38 Å². The van der Waals surface area contributed by atoms with E-state index in [9.17, 15) is 0 Å². The van der Waals surface area contributed by atoms with Crippen LogP contribution in [0.5, 0.6) is 0 Å². The van der Waals surface area contributed by atoms with Crippen molar-refractivity contribution in [2.75, 3.05) is 0 Å². The molecule has 3 unspecified atom stereocenters. The van der Waals surface area contributed by atoms with E-state index >= 15 is 0 Å². The lowest BCUT2D eigenvalue weighted by molar-refractivity contribution is 0.261. The van der Waals surface area contributed by atoms with E-state index < -0.39 is 0 Å². The van der Waals surface area contributed by atoms with Gasteiger partial charge in [-0.2, -0.15) is 0 Å². The predicted molar refractivity (Wildman–Crippen MR) is 87.8 cm³/mol. The third-order valence-corrected chi connectivity index (χ3v) is 4.95. The lowest BCUT2D eigenvalue weighted by atomic mass is 9.84. The van der Waals surface area contributed by atoms with Crippen molar-refractivity contribution in [2.45, 2.75) is 64.3 Å². The van der Waals surface area contributed by atoms with Crippen molar-refractivity contribution in [3.63, 3.8) is 0 Å². The molecule has 3 atom stereocenters. The maximum absolute atomic E-state index is 6.40. The molecule has 0 aromatic carbocycles. The van der Waals surface area contributed by atoms with Crippen LogP contribution in [0.15, 0.2) is 12.1 Å². The summed E-state index contributed by atoms with van der Waals surface area (Å²) in [6.07, 6.45) is 6.37. The zero-order valence-electron chi connectivity index (χ0n) is 13.1. The van der Waals surface area contributed by atoms with Crippen molar-refractivity contribution >= 4 is 22.8 Å². The van der Waals surface area contributed by atoms with E-state index in [0.717, 1.165) is 28.6 Å². The van der Waals surface area contributed by atoms with Gasteiger partial charge in [0.1, 0.15) is 11.3 Å². The normalized spacial score (nSPS) is 24.4. The molecule has 0 radical (unpaired) electrons. The van der Waals surface area contributed by atoms with Crippen molar-refractivity contribution in [1.82, 2.24) is 14.5 Å². The predicted octanol–water partition coefficient (Wildman–Crippen LogP) is 5.18. The summed E-state index contributed by atoms with van der Waals surface area (Å²) in [7, 11) is 0. The minimum Gasteiger partial charge on any atom is -0.308 e. The number of hydrogen-bond donors (Lipinski definition) is 0. The Morgan fingerprint density at radius 2 is 2.14 bits per heavy atom. The van der Waals surface area contributed by atoms with Gasteiger partial charge < -0.3 is 4.57 Å². The van der Waals surface area contributed by atoms with Crippen LogP contribution in [0.3, 0.4) is 0 Å². The molecule has 0 bridgehead atoms. The van der Waals surface area contributed by atoms with E-state index in [0.29, 0.717) is 6.04 Å². The Labute approximate surface area is 131 Å². The van der Waals surface area contributed by atoms with Crippen LogP contribution < -0.4 is 0 Å². The van der Waals surface area contributed by atoms with Crippen molar-refractivity contribution < 1.29 is 0 Å². The fraction of sp³-hybridized carbons (Fsp3) is 0.647. The highest BCUT2D eigenvalue weighted by Crippen LogP contribution is 2.38. The van der Waals surface area contributed by atoms with E-state index in [-0.39, 0.29) is 5.38 Å². The number of aryl methyl sites for hydroxylation is 1. The first-order valence-electron chi connectivity index (χ1n) is 8.09. The number of halogens is 1. The summed E-state index contributed by atoms with van der Waals surface area (Å²) >= 11 is 6.40. The van der Waals surface area contributed by atoms with Crippen LogP contribution >= 0.6 is 11.6 Å². The second-order valence-electron chi connectivity index (χ2n) is 6.35. The molecular weight excluding hydrogens is 282 g/mol. The third-order valence-electron chi connectivity index (χ3n) is 4.76. The van der Waals surface area contributed by atoms with Gasteiger partial charge in [0.15, 0.2) is 5.65 Å². The molecule has 3 rings (SSSR count). The molecule has 21 heavy (non-hydrogen) atoms. The first-order valence-corrected chi connectivity index (χ1v) is 8.53. The molecule has 114 valence electrons. The third kappa shape index (κ3) is 2.80. The van der Waals surface area contributed by atoms with Crippen molar-refractivity contribution in [1.29, 1.82) is 0 Å². The van der Waals surface area contributed by atoms with Crippen LogP contribution in [0.2, 0.25) is 0 Å². The van der Waals surface area contributed by atoms with Crippen LogP contribution in [0.1, 0.15) is 68.9 Å². The highest BCUT2D eigenvalue weighted by molar-refractivity contribution is 6.20. The molecule has 2 aromatic heterocycles. The number of pyridine rings is 1. The van der Waals surface area contributed by atoms with Gasteiger partial charge in [-0.15, -0.1) is 11.6 Å². The van der Waals surface area contributed by atoms with E-state index in [4.69, 9.17) is 21.6 Å². The standard InChI is InChI=1S/C17H24ClN3/c1-4-13-6-5-7-14(10-13)21-16(12(3)18)20-15-9-8-11(2)19-17(15)21/h8-9,12-14H,4-7,10H2,1-3H3.